The lowest BCUT2D eigenvalue weighted by atomic mass is 9.94. The minimum absolute atomic E-state index is 0.0116. The van der Waals surface area contributed by atoms with Crippen molar-refractivity contribution in [3.05, 3.63) is 62.8 Å². The number of benzene rings is 1. The van der Waals surface area contributed by atoms with Gasteiger partial charge in [0.25, 0.3) is 5.56 Å². The van der Waals surface area contributed by atoms with Crippen LogP contribution in [0.1, 0.15) is 50.9 Å². The van der Waals surface area contributed by atoms with Gasteiger partial charge in [0.2, 0.25) is 5.92 Å². The zero-order chi connectivity index (χ0) is 24.8. The van der Waals surface area contributed by atoms with Crippen LogP contribution in [0, 0.1) is 5.82 Å². The smallest absolute Gasteiger partial charge is 0.332 e. The maximum atomic E-state index is 14.8. The molecule has 0 bridgehead atoms. The summed E-state index contributed by atoms with van der Waals surface area (Å²) in [5.41, 5.74) is 0.392. The molecule has 1 fully saturated rings. The first kappa shape index (κ1) is 23.8. The largest absolute Gasteiger partial charge is 0.487 e. The third kappa shape index (κ3) is 4.05. The Labute approximate surface area is 194 Å². The van der Waals surface area contributed by atoms with Crippen LogP contribution in [0.2, 0.25) is 0 Å². The highest BCUT2D eigenvalue weighted by Gasteiger charge is 2.36. The summed E-state index contributed by atoms with van der Waals surface area (Å²) in [5, 5.41) is 0. The number of fused-ring (bicyclic) bond motifs is 1. The van der Waals surface area contributed by atoms with Crippen LogP contribution < -0.4 is 16.0 Å². The Morgan fingerprint density at radius 2 is 1.82 bits per heavy atom. The summed E-state index contributed by atoms with van der Waals surface area (Å²) in [6, 6.07) is 4.29. The summed E-state index contributed by atoms with van der Waals surface area (Å²) >= 11 is 0. The second-order valence-corrected chi connectivity index (χ2v) is 8.54. The third-order valence-corrected chi connectivity index (χ3v) is 6.38. The van der Waals surface area contributed by atoms with Crippen molar-refractivity contribution < 1.29 is 17.9 Å². The SMILES string of the molecule is C=C(c1ccc(OC2CCC(F)(F)CC2)c(F)c1)c1nc2c(c(=O)n(CC)c(=O)n2CC)n1C. The summed E-state index contributed by atoms with van der Waals surface area (Å²) in [6.45, 7) is 8.09. The second kappa shape index (κ2) is 8.81. The zero-order valence-corrected chi connectivity index (χ0v) is 19.4. The van der Waals surface area contributed by atoms with Crippen molar-refractivity contribution in [1.82, 2.24) is 18.7 Å². The Morgan fingerprint density at radius 1 is 1.18 bits per heavy atom. The van der Waals surface area contributed by atoms with Crippen molar-refractivity contribution in [2.24, 2.45) is 7.05 Å². The monoisotopic (exact) mass is 476 g/mol. The predicted octanol–water partition coefficient (Wildman–Crippen LogP) is 4.09. The Kier molecular flexibility index (Phi) is 6.18. The van der Waals surface area contributed by atoms with Crippen LogP contribution in [-0.4, -0.2) is 30.7 Å². The molecule has 7 nitrogen and oxygen atoms in total. The number of aromatic nitrogens is 4. The molecule has 34 heavy (non-hydrogen) atoms. The molecule has 2 heterocycles. The maximum absolute atomic E-state index is 14.8. The summed E-state index contributed by atoms with van der Waals surface area (Å²) in [7, 11) is 1.65. The van der Waals surface area contributed by atoms with E-state index in [9.17, 15) is 22.8 Å². The van der Waals surface area contributed by atoms with Crippen LogP contribution in [-0.2, 0) is 20.1 Å². The predicted molar refractivity (Wildman–Crippen MR) is 123 cm³/mol. The normalized spacial score (nSPS) is 16.2. The molecule has 0 N–H and O–H groups in total. The number of imidazole rings is 1. The van der Waals surface area contributed by atoms with Crippen LogP contribution in [0.3, 0.4) is 0 Å². The van der Waals surface area contributed by atoms with Gasteiger partial charge in [-0.2, -0.15) is 0 Å². The first-order valence-electron chi connectivity index (χ1n) is 11.3. The van der Waals surface area contributed by atoms with Crippen molar-refractivity contribution in [2.75, 3.05) is 0 Å². The first-order valence-corrected chi connectivity index (χ1v) is 11.3. The fourth-order valence-electron chi connectivity index (χ4n) is 4.42. The molecule has 0 aliphatic heterocycles. The van der Waals surface area contributed by atoms with Crippen LogP contribution in [0.25, 0.3) is 16.7 Å². The number of alkyl halides is 2. The topological polar surface area (TPSA) is 71.1 Å². The van der Waals surface area contributed by atoms with E-state index >= 15 is 0 Å². The van der Waals surface area contributed by atoms with Crippen molar-refractivity contribution >= 4 is 16.7 Å². The molecule has 4 rings (SSSR count). The van der Waals surface area contributed by atoms with Crippen molar-refractivity contribution in [3.8, 4) is 5.75 Å². The molecular weight excluding hydrogens is 449 g/mol. The van der Waals surface area contributed by atoms with Crippen molar-refractivity contribution in [1.29, 1.82) is 0 Å². The van der Waals surface area contributed by atoms with Crippen LogP contribution in [0.4, 0.5) is 13.2 Å². The molecule has 0 amide bonds. The van der Waals surface area contributed by atoms with Crippen molar-refractivity contribution in [2.45, 2.75) is 64.6 Å². The lowest BCUT2D eigenvalue weighted by Crippen LogP contribution is -2.39. The van der Waals surface area contributed by atoms with Crippen molar-refractivity contribution in [3.63, 3.8) is 0 Å². The lowest BCUT2D eigenvalue weighted by Gasteiger charge is -2.28. The van der Waals surface area contributed by atoms with Gasteiger partial charge in [0, 0.05) is 38.6 Å². The average Bonchev–Trinajstić information content (AvgIpc) is 3.13. The molecule has 0 unspecified atom stereocenters. The fraction of sp³-hybridized carbons (Fsp3) is 0.458. The molecular formula is C24H27F3N4O3. The van der Waals surface area contributed by atoms with E-state index in [1.807, 2.05) is 0 Å². The van der Waals surface area contributed by atoms with Gasteiger partial charge in [0.05, 0.1) is 6.10 Å². The highest BCUT2D eigenvalue weighted by atomic mass is 19.3. The Bertz CT molecular complexity index is 1380. The van der Waals surface area contributed by atoms with Gasteiger partial charge in [0.1, 0.15) is 5.82 Å². The summed E-state index contributed by atoms with van der Waals surface area (Å²) in [6.07, 6.45) is -0.688. The van der Waals surface area contributed by atoms with Gasteiger partial charge in [-0.1, -0.05) is 12.6 Å². The Balaban J connectivity index is 1.67. The van der Waals surface area contributed by atoms with E-state index in [1.54, 1.807) is 31.5 Å². The summed E-state index contributed by atoms with van der Waals surface area (Å²) in [5.74, 6) is -3.02. The van der Waals surface area contributed by atoms with Crippen LogP contribution >= 0.6 is 0 Å². The Morgan fingerprint density at radius 3 is 2.41 bits per heavy atom. The van der Waals surface area contributed by atoms with Gasteiger partial charge in [-0.05, 0) is 44.4 Å². The maximum Gasteiger partial charge on any atom is 0.332 e. The van der Waals surface area contributed by atoms with E-state index in [-0.39, 0.29) is 49.1 Å². The van der Waals surface area contributed by atoms with E-state index < -0.39 is 29.1 Å². The minimum atomic E-state index is -2.69. The standard InChI is InChI=1S/C24H27F3N4O3/c1-5-30-21-19(22(32)31(6-2)23(30)33)29(4)20(28-21)14(3)15-7-8-18(17(25)13-15)34-16-9-11-24(26,27)12-10-16/h7-8,13,16H,3,5-6,9-12H2,1-2,4H3. The van der Waals surface area contributed by atoms with Gasteiger partial charge < -0.3 is 9.30 Å². The summed E-state index contributed by atoms with van der Waals surface area (Å²) in [4.78, 5) is 30.1. The van der Waals surface area contributed by atoms with Gasteiger partial charge in [-0.25, -0.2) is 22.9 Å². The van der Waals surface area contributed by atoms with Gasteiger partial charge in [-0.15, -0.1) is 0 Å². The fourth-order valence-corrected chi connectivity index (χ4v) is 4.42. The average molecular weight is 476 g/mol. The second-order valence-electron chi connectivity index (χ2n) is 8.54. The molecule has 0 saturated heterocycles. The molecule has 1 aromatic carbocycles. The molecule has 0 atom stereocenters. The molecule has 0 spiro atoms. The molecule has 1 saturated carbocycles. The van der Waals surface area contributed by atoms with E-state index in [2.05, 4.69) is 11.6 Å². The molecule has 0 radical (unpaired) electrons. The highest BCUT2D eigenvalue weighted by Crippen LogP contribution is 2.35. The molecule has 1 aliphatic rings. The Hall–Kier alpha value is -3.30. The lowest BCUT2D eigenvalue weighted by molar-refractivity contribution is -0.0586. The number of nitrogens with zero attached hydrogens (tertiary/aromatic N) is 4. The number of aryl methyl sites for hydroxylation is 2. The highest BCUT2D eigenvalue weighted by molar-refractivity contribution is 5.81. The number of hydrogen-bond donors (Lipinski definition) is 0. The minimum Gasteiger partial charge on any atom is -0.487 e. The molecule has 182 valence electrons. The van der Waals surface area contributed by atoms with Gasteiger partial charge in [0.15, 0.2) is 22.7 Å². The number of rotatable bonds is 6. The first-order chi connectivity index (χ1) is 16.1. The molecule has 10 heteroatoms. The number of halogens is 3. The van der Waals surface area contributed by atoms with Gasteiger partial charge in [-0.3, -0.25) is 13.9 Å². The molecule has 1 aliphatic carbocycles. The van der Waals surface area contributed by atoms with Crippen LogP contribution in [0.5, 0.6) is 5.75 Å². The molecule has 2 aromatic heterocycles. The quantitative estimate of drug-likeness (QED) is 0.537. The zero-order valence-electron chi connectivity index (χ0n) is 19.4. The number of ether oxygens (including phenoxy) is 1. The van der Waals surface area contributed by atoms with Crippen LogP contribution in [0.15, 0.2) is 34.4 Å². The molecule has 3 aromatic rings. The van der Waals surface area contributed by atoms with E-state index in [0.29, 0.717) is 23.5 Å². The van der Waals surface area contributed by atoms with E-state index in [1.165, 1.54) is 16.7 Å². The number of hydrogen-bond acceptors (Lipinski definition) is 4. The summed E-state index contributed by atoms with van der Waals surface area (Å²) < 4.78 is 51.3. The van der Waals surface area contributed by atoms with E-state index in [4.69, 9.17) is 4.74 Å². The van der Waals surface area contributed by atoms with Gasteiger partial charge >= 0.3 is 5.69 Å². The third-order valence-electron chi connectivity index (χ3n) is 6.38. The van der Waals surface area contributed by atoms with E-state index in [0.717, 1.165) is 4.57 Å².